The monoisotopic (exact) mass is 215 g/mol. The molecule has 1 amide bonds. The normalized spacial score (nSPS) is 30.0. The smallest absolute Gasteiger partial charge is 0.219 e. The van der Waals surface area contributed by atoms with Crippen molar-refractivity contribution in [2.75, 3.05) is 6.54 Å². The third kappa shape index (κ3) is 4.00. The van der Waals surface area contributed by atoms with E-state index in [0.29, 0.717) is 24.3 Å². The fourth-order valence-corrected chi connectivity index (χ4v) is 2.59. The second-order valence-electron chi connectivity index (χ2n) is 3.61. The van der Waals surface area contributed by atoms with E-state index in [2.05, 4.69) is 24.2 Å². The number of hydrogen-bond acceptors (Lipinski definition) is 3. The highest BCUT2D eigenvalue weighted by molar-refractivity contribution is 8.14. The number of primary amides is 1. The lowest BCUT2D eigenvalue weighted by molar-refractivity contribution is -0.117. The maximum atomic E-state index is 10.5. The summed E-state index contributed by atoms with van der Waals surface area (Å²) in [5.41, 5.74) is 5.03. The quantitative estimate of drug-likeness (QED) is 0.729. The average molecular weight is 215 g/mol. The largest absolute Gasteiger partial charge is 0.370 e. The number of nitrogens with two attached hydrogens (primary N) is 1. The van der Waals surface area contributed by atoms with Crippen LogP contribution in [0, 0.1) is 0 Å². The van der Waals surface area contributed by atoms with E-state index in [1.807, 2.05) is 0 Å². The minimum atomic E-state index is -0.295. The van der Waals surface area contributed by atoms with Gasteiger partial charge in [0.2, 0.25) is 5.91 Å². The molecule has 0 aromatic carbocycles. The average Bonchev–Trinajstić information content (AvgIpc) is 2.01. The highest BCUT2D eigenvalue weighted by atomic mass is 32.2. The molecule has 0 spiro atoms. The number of nitrogens with one attached hydrogen (secondary N) is 1. The molecule has 0 aromatic heterocycles. The van der Waals surface area contributed by atoms with Gasteiger partial charge in [-0.2, -0.15) is 0 Å². The van der Waals surface area contributed by atoms with E-state index in [-0.39, 0.29) is 5.91 Å². The van der Waals surface area contributed by atoms with Crippen molar-refractivity contribution in [3.05, 3.63) is 0 Å². The summed E-state index contributed by atoms with van der Waals surface area (Å²) in [6.07, 6.45) is 1.48. The molecule has 5 heteroatoms. The van der Waals surface area contributed by atoms with Crippen molar-refractivity contribution in [2.45, 2.75) is 38.0 Å². The molecule has 0 aliphatic carbocycles. The van der Waals surface area contributed by atoms with E-state index in [4.69, 9.17) is 5.73 Å². The van der Waals surface area contributed by atoms with Crippen LogP contribution in [0.4, 0.5) is 0 Å². The van der Waals surface area contributed by atoms with Crippen LogP contribution in [0.15, 0.2) is 4.99 Å². The second kappa shape index (κ2) is 5.24. The number of nitrogens with zero attached hydrogens (tertiary/aromatic N) is 1. The molecule has 4 nitrogen and oxygen atoms in total. The van der Waals surface area contributed by atoms with Gasteiger partial charge in [-0.3, -0.25) is 9.79 Å². The van der Waals surface area contributed by atoms with Crippen LogP contribution in [-0.2, 0) is 4.79 Å². The van der Waals surface area contributed by atoms with Crippen LogP contribution >= 0.6 is 11.8 Å². The molecule has 0 aromatic rings. The van der Waals surface area contributed by atoms with E-state index >= 15 is 0 Å². The molecule has 1 fully saturated rings. The predicted octanol–water partition coefficient (Wildman–Crippen LogP) is 0.721. The van der Waals surface area contributed by atoms with Gasteiger partial charge in [0.05, 0.1) is 6.54 Å². The number of rotatable bonds is 3. The topological polar surface area (TPSA) is 67.5 Å². The molecule has 1 aliphatic rings. The van der Waals surface area contributed by atoms with Gasteiger partial charge in [0.25, 0.3) is 0 Å². The molecule has 2 atom stereocenters. The number of amidine groups is 1. The van der Waals surface area contributed by atoms with Crippen LogP contribution in [-0.4, -0.2) is 28.9 Å². The third-order valence-corrected chi connectivity index (χ3v) is 3.05. The van der Waals surface area contributed by atoms with Gasteiger partial charge in [-0.1, -0.05) is 18.7 Å². The van der Waals surface area contributed by atoms with E-state index in [1.165, 1.54) is 0 Å². The summed E-state index contributed by atoms with van der Waals surface area (Å²) >= 11 is 1.73. The van der Waals surface area contributed by atoms with Crippen molar-refractivity contribution < 1.29 is 4.79 Å². The van der Waals surface area contributed by atoms with Crippen LogP contribution in [0.3, 0.4) is 0 Å². The Hall–Kier alpha value is -0.710. The summed E-state index contributed by atoms with van der Waals surface area (Å²) in [5.74, 6) is -0.295. The molecule has 1 aliphatic heterocycles. The highest BCUT2D eigenvalue weighted by Crippen LogP contribution is 2.21. The Labute approximate surface area is 88.7 Å². The Morgan fingerprint density at radius 1 is 1.71 bits per heavy atom. The molecule has 3 N–H and O–H groups in total. The summed E-state index contributed by atoms with van der Waals surface area (Å²) in [6.45, 7) is 4.82. The van der Waals surface area contributed by atoms with Crippen molar-refractivity contribution in [1.29, 1.82) is 0 Å². The number of aliphatic imine (C=N–C) groups is 1. The first-order valence-electron chi connectivity index (χ1n) is 4.84. The summed E-state index contributed by atoms with van der Waals surface area (Å²) in [7, 11) is 0. The predicted molar refractivity (Wildman–Crippen MR) is 60.4 cm³/mol. The van der Waals surface area contributed by atoms with Gasteiger partial charge in [-0.25, -0.2) is 0 Å². The fourth-order valence-electron chi connectivity index (χ4n) is 1.39. The van der Waals surface area contributed by atoms with Gasteiger partial charge >= 0.3 is 0 Å². The first-order chi connectivity index (χ1) is 6.58. The zero-order valence-electron chi connectivity index (χ0n) is 8.62. The number of carbonyl (C=O) groups is 1. The lowest BCUT2D eigenvalue weighted by atomic mass is 10.2. The molecular weight excluding hydrogens is 198 g/mol. The minimum absolute atomic E-state index is 0.295. The molecule has 1 rings (SSSR count). The van der Waals surface area contributed by atoms with Crippen molar-refractivity contribution in [3.63, 3.8) is 0 Å². The van der Waals surface area contributed by atoms with Crippen molar-refractivity contribution in [1.82, 2.24) is 5.32 Å². The molecular formula is C9H17N3OS. The van der Waals surface area contributed by atoms with Crippen LogP contribution in [0.1, 0.15) is 26.7 Å². The van der Waals surface area contributed by atoms with Crippen LogP contribution in [0.25, 0.3) is 0 Å². The number of thioether (sulfide) groups is 1. The molecule has 1 heterocycles. The number of hydrogen-bond donors (Lipinski definition) is 2. The minimum Gasteiger partial charge on any atom is -0.370 e. The number of amides is 1. The van der Waals surface area contributed by atoms with Crippen molar-refractivity contribution in [3.8, 4) is 0 Å². The maximum Gasteiger partial charge on any atom is 0.219 e. The Morgan fingerprint density at radius 2 is 2.43 bits per heavy atom. The van der Waals surface area contributed by atoms with E-state index in [1.54, 1.807) is 11.8 Å². The molecule has 0 saturated carbocycles. The Morgan fingerprint density at radius 3 is 3.00 bits per heavy atom. The standard InChI is InChI=1S/C9H17N3OS/c1-6-5-7(2)14-9(12-6)11-4-3-8(10)13/h6-7H,3-5H2,1-2H3,(H2,10,13)(H,11,12). The second-order valence-corrected chi connectivity index (χ2v) is 5.04. The molecule has 1 saturated heterocycles. The van der Waals surface area contributed by atoms with Crippen molar-refractivity contribution >= 4 is 22.8 Å². The molecule has 14 heavy (non-hydrogen) atoms. The Bertz CT molecular complexity index is 230. The zero-order valence-corrected chi connectivity index (χ0v) is 9.43. The first-order valence-corrected chi connectivity index (χ1v) is 5.72. The zero-order chi connectivity index (χ0) is 10.6. The molecule has 0 bridgehead atoms. The SMILES string of the molecule is CC1CC(C)SC(=NCCC(N)=O)N1. The fraction of sp³-hybridized carbons (Fsp3) is 0.778. The van der Waals surface area contributed by atoms with E-state index in [0.717, 1.165) is 11.6 Å². The highest BCUT2D eigenvalue weighted by Gasteiger charge is 2.19. The van der Waals surface area contributed by atoms with Gasteiger partial charge in [-0.05, 0) is 13.3 Å². The Balaban J connectivity index is 2.38. The van der Waals surface area contributed by atoms with Crippen LogP contribution in [0.2, 0.25) is 0 Å². The summed E-state index contributed by atoms with van der Waals surface area (Å²) in [4.78, 5) is 14.8. The lowest BCUT2D eigenvalue weighted by Gasteiger charge is -2.26. The van der Waals surface area contributed by atoms with Gasteiger partial charge < -0.3 is 11.1 Å². The maximum absolute atomic E-state index is 10.5. The molecule has 2 unspecified atom stereocenters. The first kappa shape index (κ1) is 11.4. The summed E-state index contributed by atoms with van der Waals surface area (Å²) < 4.78 is 0. The molecule has 0 radical (unpaired) electrons. The molecule has 80 valence electrons. The van der Waals surface area contributed by atoms with Crippen LogP contribution in [0.5, 0.6) is 0 Å². The summed E-state index contributed by atoms with van der Waals surface area (Å²) in [5, 5.41) is 4.82. The van der Waals surface area contributed by atoms with Gasteiger partial charge in [0, 0.05) is 17.7 Å². The van der Waals surface area contributed by atoms with Gasteiger partial charge in [0.15, 0.2) is 5.17 Å². The number of carbonyl (C=O) groups excluding carboxylic acids is 1. The van der Waals surface area contributed by atoms with Gasteiger partial charge in [0.1, 0.15) is 0 Å². The lowest BCUT2D eigenvalue weighted by Crippen LogP contribution is -2.38. The van der Waals surface area contributed by atoms with E-state index < -0.39 is 0 Å². The van der Waals surface area contributed by atoms with Gasteiger partial charge in [-0.15, -0.1) is 0 Å². The Kier molecular flexibility index (Phi) is 4.25. The van der Waals surface area contributed by atoms with Crippen LogP contribution < -0.4 is 11.1 Å². The van der Waals surface area contributed by atoms with E-state index in [9.17, 15) is 4.79 Å². The third-order valence-electron chi connectivity index (χ3n) is 1.98. The summed E-state index contributed by atoms with van der Waals surface area (Å²) in [6, 6.07) is 0.471. The van der Waals surface area contributed by atoms with Crippen molar-refractivity contribution in [2.24, 2.45) is 10.7 Å².